The van der Waals surface area contributed by atoms with Crippen LogP contribution in [0.15, 0.2) is 34.9 Å². The van der Waals surface area contributed by atoms with Crippen LogP contribution in [0, 0.1) is 0 Å². The molecule has 2 aromatic rings. The van der Waals surface area contributed by atoms with Crippen molar-refractivity contribution in [3.05, 3.63) is 51.8 Å². The lowest BCUT2D eigenvalue weighted by molar-refractivity contribution is 0.0954. The second kappa shape index (κ2) is 5.66. The van der Waals surface area contributed by atoms with Gasteiger partial charge in [-0.1, -0.05) is 0 Å². The molecule has 0 saturated heterocycles. The number of nitrogens with one attached hydrogen (secondary N) is 1. The Balaban J connectivity index is 1.97. The van der Waals surface area contributed by atoms with Crippen molar-refractivity contribution in [2.45, 2.75) is 13.0 Å². The largest absolute Gasteiger partial charge is 0.378 e. The summed E-state index contributed by atoms with van der Waals surface area (Å²) in [4.78, 5) is 14.8. The highest BCUT2D eigenvalue weighted by Crippen LogP contribution is 2.25. The van der Waals surface area contributed by atoms with Crippen molar-refractivity contribution in [2.24, 2.45) is 0 Å². The Kier molecular flexibility index (Phi) is 3.87. The zero-order valence-electron chi connectivity index (χ0n) is 12.2. The van der Waals surface area contributed by atoms with Crippen molar-refractivity contribution < 1.29 is 4.79 Å². The van der Waals surface area contributed by atoms with E-state index in [-0.39, 0.29) is 5.91 Å². The fourth-order valence-corrected chi connectivity index (χ4v) is 3.32. The van der Waals surface area contributed by atoms with Crippen LogP contribution in [0.3, 0.4) is 0 Å². The molecular formula is C16H18BrN3O. The molecule has 0 fully saturated rings. The third-order valence-electron chi connectivity index (χ3n) is 3.84. The molecule has 0 amide bonds. The molecule has 0 atom stereocenters. The summed E-state index contributed by atoms with van der Waals surface area (Å²) < 4.78 is 2.62. The van der Waals surface area contributed by atoms with E-state index in [0.29, 0.717) is 5.56 Å². The molecule has 0 aliphatic carbocycles. The van der Waals surface area contributed by atoms with E-state index in [0.717, 1.165) is 35.5 Å². The molecule has 5 heteroatoms. The second-order valence-corrected chi connectivity index (χ2v) is 6.26. The zero-order valence-corrected chi connectivity index (χ0v) is 13.8. The molecule has 0 bridgehead atoms. The molecule has 1 aliphatic rings. The molecule has 4 nitrogen and oxygen atoms in total. The first-order valence-electron chi connectivity index (χ1n) is 6.99. The van der Waals surface area contributed by atoms with E-state index >= 15 is 0 Å². The van der Waals surface area contributed by atoms with E-state index in [1.54, 1.807) is 4.57 Å². The maximum Gasteiger partial charge on any atom is 0.263 e. The first kappa shape index (κ1) is 14.4. The van der Waals surface area contributed by atoms with Crippen molar-refractivity contribution in [3.63, 3.8) is 0 Å². The van der Waals surface area contributed by atoms with Gasteiger partial charge < -0.3 is 10.2 Å². The van der Waals surface area contributed by atoms with E-state index in [4.69, 9.17) is 0 Å². The van der Waals surface area contributed by atoms with Crippen LogP contribution in [0.1, 0.15) is 21.6 Å². The van der Waals surface area contributed by atoms with Crippen LogP contribution >= 0.6 is 15.9 Å². The first-order chi connectivity index (χ1) is 10.1. The van der Waals surface area contributed by atoms with Crippen LogP contribution in [0.5, 0.6) is 0 Å². The third-order valence-corrected chi connectivity index (χ3v) is 4.42. The quantitative estimate of drug-likeness (QED) is 0.907. The number of aromatic nitrogens is 1. The van der Waals surface area contributed by atoms with Gasteiger partial charge in [-0.05, 0) is 51.8 Å². The molecule has 2 heterocycles. The van der Waals surface area contributed by atoms with E-state index in [1.807, 2.05) is 49.3 Å². The fourth-order valence-electron chi connectivity index (χ4n) is 2.67. The van der Waals surface area contributed by atoms with Crippen LogP contribution in [-0.4, -0.2) is 31.1 Å². The fraction of sp³-hybridized carbons (Fsp3) is 0.312. The van der Waals surface area contributed by atoms with Gasteiger partial charge in [-0.15, -0.1) is 0 Å². The lowest BCUT2D eigenvalue weighted by atomic mass is 10.1. The van der Waals surface area contributed by atoms with Gasteiger partial charge in [-0.3, -0.25) is 9.36 Å². The number of carbonyl (C=O) groups excluding carboxylic acids is 1. The van der Waals surface area contributed by atoms with Gasteiger partial charge >= 0.3 is 0 Å². The van der Waals surface area contributed by atoms with Gasteiger partial charge in [-0.2, -0.15) is 0 Å². The normalized spacial score (nSPS) is 13.9. The van der Waals surface area contributed by atoms with Crippen molar-refractivity contribution >= 4 is 27.5 Å². The van der Waals surface area contributed by atoms with Gasteiger partial charge in [0, 0.05) is 50.6 Å². The van der Waals surface area contributed by atoms with Crippen LogP contribution in [0.4, 0.5) is 5.69 Å². The smallest absolute Gasteiger partial charge is 0.263 e. The molecule has 0 unspecified atom stereocenters. The number of hydrogen-bond donors (Lipinski definition) is 1. The zero-order chi connectivity index (χ0) is 15.0. The molecule has 21 heavy (non-hydrogen) atoms. The van der Waals surface area contributed by atoms with Gasteiger partial charge in [0.05, 0.1) is 4.60 Å². The average molecular weight is 348 g/mol. The highest BCUT2D eigenvalue weighted by molar-refractivity contribution is 9.10. The van der Waals surface area contributed by atoms with Gasteiger partial charge in [0.2, 0.25) is 0 Å². The van der Waals surface area contributed by atoms with Crippen LogP contribution in [0.2, 0.25) is 0 Å². The maximum atomic E-state index is 12.8. The van der Waals surface area contributed by atoms with Crippen molar-refractivity contribution in [1.29, 1.82) is 0 Å². The Morgan fingerprint density at radius 2 is 2.00 bits per heavy atom. The number of fused-ring (bicyclic) bond motifs is 1. The molecule has 0 radical (unpaired) electrons. The van der Waals surface area contributed by atoms with E-state index < -0.39 is 0 Å². The number of anilines is 1. The van der Waals surface area contributed by atoms with Crippen molar-refractivity contribution in [3.8, 4) is 0 Å². The van der Waals surface area contributed by atoms with Crippen LogP contribution < -0.4 is 10.2 Å². The van der Waals surface area contributed by atoms with Crippen LogP contribution in [-0.2, 0) is 13.0 Å². The minimum Gasteiger partial charge on any atom is -0.378 e. The van der Waals surface area contributed by atoms with Crippen molar-refractivity contribution in [2.75, 3.05) is 25.5 Å². The summed E-state index contributed by atoms with van der Waals surface area (Å²) in [6.07, 6.45) is 0.877. The Labute approximate surface area is 132 Å². The minimum atomic E-state index is 0.0235. The van der Waals surface area contributed by atoms with Gasteiger partial charge in [0.25, 0.3) is 5.91 Å². The lowest BCUT2D eigenvalue weighted by Crippen LogP contribution is -2.26. The number of rotatable bonds is 2. The Hall–Kier alpha value is -1.59. The predicted molar refractivity (Wildman–Crippen MR) is 88.0 cm³/mol. The van der Waals surface area contributed by atoms with E-state index in [9.17, 15) is 4.79 Å². The monoisotopic (exact) mass is 347 g/mol. The highest BCUT2D eigenvalue weighted by atomic mass is 79.9. The standard InChI is InChI=1S/C16H18BrN3O/c1-19(2)13-5-3-11(4-6-13)16(21)20-14-7-8-18-10-12(14)9-15(20)17/h3-6,9,18H,7-8,10H2,1-2H3. The van der Waals surface area contributed by atoms with Gasteiger partial charge in [-0.25, -0.2) is 0 Å². The predicted octanol–water partition coefficient (Wildman–Crippen LogP) is 2.65. The SMILES string of the molecule is CN(C)c1ccc(C(=O)n2c(Br)cc3c2CCNC3)cc1. The molecule has 110 valence electrons. The third kappa shape index (κ3) is 2.63. The molecule has 1 aromatic carbocycles. The Morgan fingerprint density at radius 3 is 2.67 bits per heavy atom. The summed E-state index contributed by atoms with van der Waals surface area (Å²) in [6.45, 7) is 1.74. The second-order valence-electron chi connectivity index (χ2n) is 5.45. The first-order valence-corrected chi connectivity index (χ1v) is 7.79. The summed E-state index contributed by atoms with van der Waals surface area (Å²) in [5, 5.41) is 3.33. The number of halogens is 1. The highest BCUT2D eigenvalue weighted by Gasteiger charge is 2.21. The molecule has 1 N–H and O–H groups in total. The van der Waals surface area contributed by atoms with Gasteiger partial charge in [0.1, 0.15) is 0 Å². The average Bonchev–Trinajstić information content (AvgIpc) is 2.82. The van der Waals surface area contributed by atoms with E-state index in [1.165, 1.54) is 5.56 Å². The van der Waals surface area contributed by atoms with E-state index in [2.05, 4.69) is 21.2 Å². The number of benzene rings is 1. The number of carbonyl (C=O) groups is 1. The Morgan fingerprint density at radius 1 is 1.29 bits per heavy atom. The maximum absolute atomic E-state index is 12.8. The summed E-state index contributed by atoms with van der Waals surface area (Å²) in [5.41, 5.74) is 4.11. The molecular weight excluding hydrogens is 330 g/mol. The number of nitrogens with zero attached hydrogens (tertiary/aromatic N) is 2. The number of hydrogen-bond acceptors (Lipinski definition) is 3. The minimum absolute atomic E-state index is 0.0235. The molecule has 0 spiro atoms. The lowest BCUT2D eigenvalue weighted by Gasteiger charge is -2.17. The molecule has 1 aliphatic heterocycles. The Bertz CT molecular complexity index is 674. The molecule has 0 saturated carbocycles. The summed E-state index contributed by atoms with van der Waals surface area (Å²) in [5.74, 6) is 0.0235. The van der Waals surface area contributed by atoms with Gasteiger partial charge in [0.15, 0.2) is 0 Å². The topological polar surface area (TPSA) is 37.3 Å². The summed E-state index contributed by atoms with van der Waals surface area (Å²) in [7, 11) is 3.98. The van der Waals surface area contributed by atoms with Crippen molar-refractivity contribution in [1.82, 2.24) is 9.88 Å². The summed E-state index contributed by atoms with van der Waals surface area (Å²) in [6, 6.07) is 9.75. The summed E-state index contributed by atoms with van der Waals surface area (Å²) >= 11 is 3.52. The molecule has 1 aromatic heterocycles. The molecule has 3 rings (SSSR count). The van der Waals surface area contributed by atoms with Crippen LogP contribution in [0.25, 0.3) is 0 Å².